The summed E-state index contributed by atoms with van der Waals surface area (Å²) in [5.41, 5.74) is 2.39. The maximum atomic E-state index is 5.62. The molecule has 0 bridgehead atoms. The van der Waals surface area contributed by atoms with Gasteiger partial charge in [-0.15, -0.1) is 6.58 Å². The van der Waals surface area contributed by atoms with Gasteiger partial charge in [0.1, 0.15) is 0 Å². The molecule has 1 atom stereocenters. The van der Waals surface area contributed by atoms with Gasteiger partial charge in [0.15, 0.2) is 21.7 Å². The van der Waals surface area contributed by atoms with Crippen molar-refractivity contribution in [2.24, 2.45) is 0 Å². The minimum absolute atomic E-state index is 0.0231. The van der Waals surface area contributed by atoms with Crippen LogP contribution in [0, 0.1) is 0 Å². The van der Waals surface area contributed by atoms with Gasteiger partial charge in [0.05, 0.1) is 20.3 Å². The Kier molecular flexibility index (Phi) is 8.12. The fourth-order valence-corrected chi connectivity index (χ4v) is 3.69. The number of methoxy groups -OCH3 is 2. The molecule has 2 rings (SSSR count). The Morgan fingerprint density at radius 1 is 1.22 bits per heavy atom. The molecule has 1 aromatic rings. The molecular weight excluding hydrogens is 380 g/mol. The number of thiocarbonyl (C=S) groups is 2. The second-order valence-corrected chi connectivity index (χ2v) is 6.88. The molecule has 1 aliphatic heterocycles. The van der Waals surface area contributed by atoms with Crippen LogP contribution in [-0.4, -0.2) is 55.5 Å². The van der Waals surface area contributed by atoms with Crippen LogP contribution in [0.3, 0.4) is 0 Å². The fraction of sp³-hybridized carbons (Fsp3) is 0.474. The van der Waals surface area contributed by atoms with E-state index in [4.69, 9.17) is 33.9 Å². The van der Waals surface area contributed by atoms with E-state index in [-0.39, 0.29) is 6.04 Å². The zero-order valence-corrected chi connectivity index (χ0v) is 17.8. The van der Waals surface area contributed by atoms with E-state index in [0.717, 1.165) is 30.8 Å². The van der Waals surface area contributed by atoms with Crippen molar-refractivity contribution in [2.75, 3.05) is 40.4 Å². The Morgan fingerprint density at radius 2 is 1.93 bits per heavy atom. The molecule has 0 radical (unpaired) electrons. The molecule has 0 fully saturated rings. The molecule has 0 saturated carbocycles. The lowest BCUT2D eigenvalue weighted by molar-refractivity contribution is 0.290. The normalized spacial score (nSPS) is 15.4. The van der Waals surface area contributed by atoms with Crippen molar-refractivity contribution in [3.05, 3.63) is 35.9 Å². The number of rotatable bonds is 7. The quantitative estimate of drug-likeness (QED) is 0.469. The maximum Gasteiger partial charge on any atom is 0.169 e. The van der Waals surface area contributed by atoms with Crippen molar-refractivity contribution in [1.82, 2.24) is 20.9 Å². The van der Waals surface area contributed by atoms with Crippen LogP contribution in [0.25, 0.3) is 0 Å². The molecule has 0 aliphatic carbocycles. The molecule has 1 heterocycles. The first kappa shape index (κ1) is 21.2. The number of hydrogen-bond donors (Lipinski definition) is 3. The highest BCUT2D eigenvalue weighted by Crippen LogP contribution is 2.37. The van der Waals surface area contributed by atoms with Gasteiger partial charge in [-0.25, -0.2) is 0 Å². The third-order valence-electron chi connectivity index (χ3n) is 4.45. The first-order valence-electron chi connectivity index (χ1n) is 8.97. The molecule has 27 heavy (non-hydrogen) atoms. The van der Waals surface area contributed by atoms with Crippen molar-refractivity contribution in [1.29, 1.82) is 0 Å². The average Bonchev–Trinajstić information content (AvgIpc) is 2.68. The van der Waals surface area contributed by atoms with Gasteiger partial charge in [-0.05, 0) is 61.0 Å². The highest BCUT2D eigenvalue weighted by Gasteiger charge is 2.30. The summed E-state index contributed by atoms with van der Waals surface area (Å²) in [7, 11) is 3.30. The molecule has 0 unspecified atom stereocenters. The van der Waals surface area contributed by atoms with Crippen LogP contribution in [0.5, 0.6) is 11.5 Å². The van der Waals surface area contributed by atoms with E-state index in [1.165, 1.54) is 5.56 Å². The smallest absolute Gasteiger partial charge is 0.169 e. The van der Waals surface area contributed by atoms with Crippen molar-refractivity contribution in [2.45, 2.75) is 19.4 Å². The maximum absolute atomic E-state index is 5.62. The molecule has 6 nitrogen and oxygen atoms in total. The number of hydrogen-bond acceptors (Lipinski definition) is 4. The zero-order valence-electron chi connectivity index (χ0n) is 16.1. The Labute approximate surface area is 172 Å². The van der Waals surface area contributed by atoms with E-state index in [2.05, 4.69) is 33.5 Å². The second-order valence-electron chi connectivity index (χ2n) is 6.08. The molecule has 3 N–H and O–H groups in total. The second kappa shape index (κ2) is 10.3. The number of fused-ring (bicyclic) bond motifs is 1. The third kappa shape index (κ3) is 5.23. The van der Waals surface area contributed by atoms with Gasteiger partial charge in [0.2, 0.25) is 0 Å². The van der Waals surface area contributed by atoms with E-state index in [0.29, 0.717) is 29.1 Å². The van der Waals surface area contributed by atoms with Gasteiger partial charge in [-0.1, -0.05) is 6.08 Å². The predicted molar refractivity (Wildman–Crippen MR) is 118 cm³/mol. The Bertz CT molecular complexity index is 697. The van der Waals surface area contributed by atoms with Gasteiger partial charge in [-0.2, -0.15) is 0 Å². The van der Waals surface area contributed by atoms with Crippen LogP contribution in [0.2, 0.25) is 0 Å². The fourth-order valence-electron chi connectivity index (χ4n) is 3.16. The molecule has 1 aliphatic rings. The lowest BCUT2D eigenvalue weighted by atomic mass is 9.92. The SMILES string of the molecule is C=CCNC(=S)N1CCc2cc(OC)c(OC)cc2[C@H]1CNC(=S)NCC. The van der Waals surface area contributed by atoms with Crippen LogP contribution in [0.15, 0.2) is 24.8 Å². The van der Waals surface area contributed by atoms with Crippen LogP contribution in [0.4, 0.5) is 0 Å². The molecule has 8 heteroatoms. The minimum atomic E-state index is 0.0231. The first-order chi connectivity index (χ1) is 13.0. The van der Waals surface area contributed by atoms with E-state index in [9.17, 15) is 0 Å². The van der Waals surface area contributed by atoms with Gasteiger partial charge < -0.3 is 30.3 Å². The first-order valence-corrected chi connectivity index (χ1v) is 9.79. The molecule has 0 amide bonds. The van der Waals surface area contributed by atoms with Crippen LogP contribution in [0.1, 0.15) is 24.1 Å². The van der Waals surface area contributed by atoms with Crippen LogP contribution >= 0.6 is 24.4 Å². The van der Waals surface area contributed by atoms with Crippen molar-refractivity contribution >= 4 is 34.7 Å². The predicted octanol–water partition coefficient (Wildman–Crippen LogP) is 2.15. The summed E-state index contributed by atoms with van der Waals surface area (Å²) in [6.07, 6.45) is 2.67. The summed E-state index contributed by atoms with van der Waals surface area (Å²) < 4.78 is 11.0. The summed E-state index contributed by atoms with van der Waals surface area (Å²) in [6, 6.07) is 4.12. The minimum Gasteiger partial charge on any atom is -0.493 e. The van der Waals surface area contributed by atoms with Crippen LogP contribution in [-0.2, 0) is 6.42 Å². The van der Waals surface area contributed by atoms with Gasteiger partial charge in [-0.3, -0.25) is 0 Å². The zero-order chi connectivity index (χ0) is 19.8. The Balaban J connectivity index is 2.34. The number of nitrogens with zero attached hydrogens (tertiary/aromatic N) is 1. The summed E-state index contributed by atoms with van der Waals surface area (Å²) in [5.74, 6) is 1.45. The van der Waals surface area contributed by atoms with Crippen molar-refractivity contribution < 1.29 is 9.47 Å². The summed E-state index contributed by atoms with van der Waals surface area (Å²) >= 11 is 11.0. The van der Waals surface area contributed by atoms with E-state index < -0.39 is 0 Å². The largest absolute Gasteiger partial charge is 0.493 e. The molecular formula is C19H28N4O2S2. The summed E-state index contributed by atoms with van der Waals surface area (Å²) in [6.45, 7) is 8.61. The van der Waals surface area contributed by atoms with Crippen molar-refractivity contribution in [3.63, 3.8) is 0 Å². The monoisotopic (exact) mass is 408 g/mol. The van der Waals surface area contributed by atoms with Crippen molar-refractivity contribution in [3.8, 4) is 11.5 Å². The van der Waals surface area contributed by atoms with E-state index in [1.54, 1.807) is 20.3 Å². The molecule has 148 valence electrons. The number of ether oxygens (including phenoxy) is 2. The molecule has 0 aromatic heterocycles. The van der Waals surface area contributed by atoms with Gasteiger partial charge >= 0.3 is 0 Å². The van der Waals surface area contributed by atoms with E-state index in [1.807, 2.05) is 13.0 Å². The third-order valence-corrected chi connectivity index (χ3v) is 5.12. The summed E-state index contributed by atoms with van der Waals surface area (Å²) in [5, 5.41) is 11.0. The number of nitrogens with one attached hydrogen (secondary N) is 3. The highest BCUT2D eigenvalue weighted by molar-refractivity contribution is 7.80. The molecule has 0 saturated heterocycles. The lowest BCUT2D eigenvalue weighted by Crippen LogP contribution is -2.50. The topological polar surface area (TPSA) is 57.8 Å². The summed E-state index contributed by atoms with van der Waals surface area (Å²) in [4.78, 5) is 2.19. The highest BCUT2D eigenvalue weighted by atomic mass is 32.1. The van der Waals surface area contributed by atoms with Gasteiger partial charge in [0, 0.05) is 26.2 Å². The Hall–Kier alpha value is -2.06. The molecule has 0 spiro atoms. The van der Waals surface area contributed by atoms with Gasteiger partial charge in [0.25, 0.3) is 0 Å². The molecule has 1 aromatic carbocycles. The average molecular weight is 409 g/mol. The number of benzene rings is 1. The van der Waals surface area contributed by atoms with E-state index >= 15 is 0 Å². The standard InChI is InChI=1S/C19H28N4O2S2/c1-5-8-21-19(27)23-9-7-13-10-16(24-3)17(25-4)11-14(13)15(23)12-22-18(26)20-6-2/h5,10-11,15H,1,6-9,12H2,2-4H3,(H,21,27)(H2,20,22,26)/t15-/m1/s1. The Morgan fingerprint density at radius 3 is 2.56 bits per heavy atom. The van der Waals surface area contributed by atoms with Crippen LogP contribution < -0.4 is 25.4 Å². The lowest BCUT2D eigenvalue weighted by Gasteiger charge is -2.39.